The molecule has 0 aromatic heterocycles. The topological polar surface area (TPSA) is 228 Å². The zero-order chi connectivity index (χ0) is 46.1. The number of hydrogen-bond donors (Lipinski definition) is 9. The van der Waals surface area contributed by atoms with Gasteiger partial charge in [-0.3, -0.25) is 4.79 Å². The van der Waals surface area contributed by atoms with E-state index < -0.39 is 86.8 Å². The van der Waals surface area contributed by atoms with Crippen LogP contribution >= 0.6 is 0 Å². The van der Waals surface area contributed by atoms with Gasteiger partial charge in [0.15, 0.2) is 12.6 Å². The monoisotopic (exact) mass is 900 g/mol. The molecule has 1 amide bonds. The van der Waals surface area contributed by atoms with Gasteiger partial charge in [0.2, 0.25) is 5.91 Å². The van der Waals surface area contributed by atoms with Crippen molar-refractivity contribution in [3.8, 4) is 0 Å². The normalized spacial score (nSPS) is 27.8. The summed E-state index contributed by atoms with van der Waals surface area (Å²) in [6, 6.07) is -0.932. The third kappa shape index (κ3) is 24.0. The van der Waals surface area contributed by atoms with E-state index in [1.807, 2.05) is 6.08 Å². The van der Waals surface area contributed by atoms with Crippen LogP contribution in [0.3, 0.4) is 0 Å². The second-order valence-electron chi connectivity index (χ2n) is 17.6. The van der Waals surface area contributed by atoms with Gasteiger partial charge in [0, 0.05) is 6.42 Å². The van der Waals surface area contributed by atoms with Crippen molar-refractivity contribution in [3.05, 3.63) is 36.5 Å². The summed E-state index contributed by atoms with van der Waals surface area (Å²) < 4.78 is 22.6. The number of aliphatic hydroxyl groups excluding tert-OH is 8. The second kappa shape index (κ2) is 36.3. The molecule has 2 aliphatic rings. The summed E-state index contributed by atoms with van der Waals surface area (Å²) in [6.07, 6.45) is 23.5. The van der Waals surface area contributed by atoms with Gasteiger partial charge in [-0.2, -0.15) is 0 Å². The number of allylic oxidation sites excluding steroid dienone is 5. The van der Waals surface area contributed by atoms with Gasteiger partial charge in [0.25, 0.3) is 0 Å². The van der Waals surface area contributed by atoms with Crippen molar-refractivity contribution in [3.63, 3.8) is 0 Å². The van der Waals surface area contributed by atoms with Crippen molar-refractivity contribution in [2.24, 2.45) is 0 Å². The number of unbranched alkanes of at least 4 members (excludes halogenated alkanes) is 20. The third-order valence-electron chi connectivity index (χ3n) is 12.1. The van der Waals surface area contributed by atoms with E-state index >= 15 is 0 Å². The maximum absolute atomic E-state index is 13.1. The summed E-state index contributed by atoms with van der Waals surface area (Å²) in [4.78, 5) is 13.1. The molecule has 2 heterocycles. The van der Waals surface area contributed by atoms with Crippen LogP contribution in [0.4, 0.5) is 0 Å². The van der Waals surface area contributed by atoms with Crippen LogP contribution in [0.2, 0.25) is 0 Å². The van der Waals surface area contributed by atoms with E-state index in [2.05, 4.69) is 43.5 Å². The molecule has 63 heavy (non-hydrogen) atoms. The molecule has 0 saturated carbocycles. The SMILES string of the molecule is CCCCCCCCCCCC/C=C/CC/C=C/CC/C=C/C(O)C(COC1OC(CO)C(OC2OC(CO)C(O)C(O)C2O)C(O)C1O)NC(=O)CCCCCCCCCCC. The summed E-state index contributed by atoms with van der Waals surface area (Å²) >= 11 is 0. The Morgan fingerprint density at radius 3 is 1.56 bits per heavy atom. The van der Waals surface area contributed by atoms with Gasteiger partial charge in [-0.05, 0) is 44.9 Å². The van der Waals surface area contributed by atoms with E-state index in [1.165, 1.54) is 96.3 Å². The average molecular weight is 900 g/mol. The van der Waals surface area contributed by atoms with Crippen LogP contribution < -0.4 is 5.32 Å². The Morgan fingerprint density at radius 1 is 0.556 bits per heavy atom. The predicted molar refractivity (Wildman–Crippen MR) is 244 cm³/mol. The number of carbonyl (C=O) groups excluding carboxylic acids is 1. The van der Waals surface area contributed by atoms with Gasteiger partial charge in [-0.15, -0.1) is 0 Å². The largest absolute Gasteiger partial charge is 0.394 e. The molecule has 2 fully saturated rings. The Kier molecular flexibility index (Phi) is 33.1. The van der Waals surface area contributed by atoms with E-state index in [1.54, 1.807) is 6.08 Å². The first-order chi connectivity index (χ1) is 30.6. The molecular weight excluding hydrogens is 811 g/mol. The van der Waals surface area contributed by atoms with Crippen molar-refractivity contribution < 1.29 is 64.6 Å². The number of nitrogens with one attached hydrogen (secondary N) is 1. The van der Waals surface area contributed by atoms with Crippen molar-refractivity contribution in [1.29, 1.82) is 0 Å². The number of ether oxygens (including phenoxy) is 4. The lowest BCUT2D eigenvalue weighted by atomic mass is 9.97. The van der Waals surface area contributed by atoms with Gasteiger partial charge in [0.1, 0.15) is 48.8 Å². The number of carbonyl (C=O) groups is 1. The molecule has 12 unspecified atom stereocenters. The molecule has 2 aliphatic heterocycles. The first kappa shape index (κ1) is 57.3. The van der Waals surface area contributed by atoms with Gasteiger partial charge in [-0.1, -0.05) is 159 Å². The maximum Gasteiger partial charge on any atom is 0.220 e. The highest BCUT2D eigenvalue weighted by Crippen LogP contribution is 2.30. The Bertz CT molecular complexity index is 1200. The van der Waals surface area contributed by atoms with Crippen molar-refractivity contribution in [2.75, 3.05) is 19.8 Å². The molecular formula is C49H89NO13. The summed E-state index contributed by atoms with van der Waals surface area (Å²) in [5, 5.41) is 86.5. The zero-order valence-corrected chi connectivity index (χ0v) is 38.8. The fourth-order valence-electron chi connectivity index (χ4n) is 7.97. The molecule has 0 radical (unpaired) electrons. The molecule has 0 spiro atoms. The first-order valence-corrected chi connectivity index (χ1v) is 24.7. The van der Waals surface area contributed by atoms with Crippen LogP contribution in [0, 0.1) is 0 Å². The molecule has 14 heteroatoms. The molecule has 0 bridgehead atoms. The number of hydrogen-bond acceptors (Lipinski definition) is 13. The summed E-state index contributed by atoms with van der Waals surface area (Å²) in [6.45, 7) is 2.72. The lowest BCUT2D eigenvalue weighted by Crippen LogP contribution is -2.65. The van der Waals surface area contributed by atoms with Gasteiger partial charge in [0.05, 0.1) is 32.0 Å². The molecule has 12 atom stereocenters. The molecule has 368 valence electrons. The summed E-state index contributed by atoms with van der Waals surface area (Å²) in [7, 11) is 0. The molecule has 2 rings (SSSR count). The minimum absolute atomic E-state index is 0.258. The van der Waals surface area contributed by atoms with Crippen molar-refractivity contribution in [2.45, 2.75) is 248 Å². The highest BCUT2D eigenvalue weighted by atomic mass is 16.7. The lowest BCUT2D eigenvalue weighted by Gasteiger charge is -2.46. The number of amides is 1. The number of aliphatic hydroxyl groups is 8. The quantitative estimate of drug-likeness (QED) is 0.0261. The highest BCUT2D eigenvalue weighted by Gasteiger charge is 2.51. The summed E-state index contributed by atoms with van der Waals surface area (Å²) in [5.41, 5.74) is 0. The van der Waals surface area contributed by atoms with Crippen molar-refractivity contribution in [1.82, 2.24) is 5.32 Å². The van der Waals surface area contributed by atoms with E-state index in [4.69, 9.17) is 18.9 Å². The smallest absolute Gasteiger partial charge is 0.220 e. The van der Waals surface area contributed by atoms with Crippen LogP contribution in [-0.4, -0.2) is 140 Å². The molecule has 2 saturated heterocycles. The minimum atomic E-state index is -1.79. The Morgan fingerprint density at radius 2 is 1.02 bits per heavy atom. The van der Waals surface area contributed by atoms with Gasteiger partial charge >= 0.3 is 0 Å². The Hall–Kier alpha value is -1.79. The van der Waals surface area contributed by atoms with Crippen LogP contribution in [0.15, 0.2) is 36.5 Å². The van der Waals surface area contributed by atoms with Crippen LogP contribution in [-0.2, 0) is 23.7 Å². The van der Waals surface area contributed by atoms with Crippen LogP contribution in [0.1, 0.15) is 174 Å². The summed E-state index contributed by atoms with van der Waals surface area (Å²) in [5.74, 6) is -0.258. The van der Waals surface area contributed by atoms with Gasteiger partial charge in [-0.25, -0.2) is 0 Å². The molecule has 0 aromatic rings. The van der Waals surface area contributed by atoms with Gasteiger partial charge < -0.3 is 65.1 Å². The highest BCUT2D eigenvalue weighted by molar-refractivity contribution is 5.76. The fraction of sp³-hybridized carbons (Fsp3) is 0.857. The maximum atomic E-state index is 13.1. The molecule has 0 aromatic carbocycles. The Balaban J connectivity index is 1.86. The van der Waals surface area contributed by atoms with E-state index in [0.717, 1.165) is 44.9 Å². The molecule has 9 N–H and O–H groups in total. The molecule has 0 aliphatic carbocycles. The second-order valence-corrected chi connectivity index (χ2v) is 17.6. The third-order valence-corrected chi connectivity index (χ3v) is 12.1. The van der Waals surface area contributed by atoms with Crippen LogP contribution in [0.25, 0.3) is 0 Å². The van der Waals surface area contributed by atoms with Crippen molar-refractivity contribution >= 4 is 5.91 Å². The number of rotatable bonds is 37. The van der Waals surface area contributed by atoms with Crippen LogP contribution in [0.5, 0.6) is 0 Å². The average Bonchev–Trinajstić information content (AvgIpc) is 3.28. The fourth-order valence-corrected chi connectivity index (χ4v) is 7.97. The van der Waals surface area contributed by atoms with E-state index in [-0.39, 0.29) is 18.9 Å². The zero-order valence-electron chi connectivity index (χ0n) is 38.8. The Labute approximate surface area is 379 Å². The lowest BCUT2D eigenvalue weighted by molar-refractivity contribution is -0.359. The minimum Gasteiger partial charge on any atom is -0.394 e. The van der Waals surface area contributed by atoms with E-state index in [9.17, 15) is 45.6 Å². The predicted octanol–water partition coefficient (Wildman–Crippen LogP) is 5.93. The van der Waals surface area contributed by atoms with E-state index in [0.29, 0.717) is 12.8 Å². The first-order valence-electron chi connectivity index (χ1n) is 24.7. The molecule has 14 nitrogen and oxygen atoms in total. The standard InChI is InChI=1S/C49H89NO13/c1-3-5-7-9-11-13-14-15-16-17-18-19-20-21-22-23-25-26-28-30-32-38(53)37(50-41(54)33-31-29-27-24-12-10-8-6-4-2)36-60-48-46(59)44(57)47(40(35-52)62-48)63-49-45(58)43(56)42(55)39(34-51)61-49/h19-20,23,25,30,32,37-40,42-49,51-53,55-59H,3-18,21-22,24,26-29,31,33-36H2,1-2H3,(H,50,54)/b20-19+,25-23+,32-30+.